The van der Waals surface area contributed by atoms with Gasteiger partial charge in [-0.1, -0.05) is 13.3 Å². The number of Topliss-reactive ketones (excluding diaryl/α,β-unsaturated/α-hetero) is 2. The average Bonchev–Trinajstić information content (AvgIpc) is 2.91. The third kappa shape index (κ3) is 2.13. The molecule has 2 atom stereocenters. The largest absolute Gasteiger partial charge is 0.299 e. The van der Waals surface area contributed by atoms with Gasteiger partial charge in [0.2, 0.25) is 0 Å². The topological polar surface area (TPSA) is 64.3 Å². The summed E-state index contributed by atoms with van der Waals surface area (Å²) >= 11 is 0. The predicted octanol–water partition coefficient (Wildman–Crippen LogP) is 2.31. The smallest absolute Gasteiger partial charge is 0.177 e. The second kappa shape index (κ2) is 5.15. The first-order valence-corrected chi connectivity index (χ1v) is 7.05. The van der Waals surface area contributed by atoms with Crippen LogP contribution in [0, 0.1) is 11.8 Å². The maximum atomic E-state index is 12.6. The van der Waals surface area contributed by atoms with Crippen molar-refractivity contribution in [2.24, 2.45) is 11.8 Å². The van der Waals surface area contributed by atoms with Crippen molar-refractivity contribution in [1.29, 1.82) is 0 Å². The second-order valence-corrected chi connectivity index (χ2v) is 5.40. The minimum atomic E-state index is -0.498. The Kier molecular flexibility index (Phi) is 3.34. The summed E-state index contributed by atoms with van der Waals surface area (Å²) in [5.41, 5.74) is 1.18. The fourth-order valence-electron chi connectivity index (χ4n) is 2.94. The first kappa shape index (κ1) is 13.0. The quantitative estimate of drug-likeness (QED) is 0.634. The number of carbonyl (C=O) groups excluding carboxylic acids is 2. The average molecular weight is 271 g/mol. The van der Waals surface area contributed by atoms with Crippen LogP contribution in [0.25, 0.3) is 5.52 Å². The normalized spacial score (nSPS) is 23.1. The van der Waals surface area contributed by atoms with E-state index < -0.39 is 5.92 Å². The van der Waals surface area contributed by atoms with Gasteiger partial charge >= 0.3 is 0 Å². The van der Waals surface area contributed by atoms with Gasteiger partial charge < -0.3 is 0 Å². The summed E-state index contributed by atoms with van der Waals surface area (Å²) in [5, 5.41) is 4.14. The van der Waals surface area contributed by atoms with Gasteiger partial charge in [0.05, 0.1) is 29.4 Å². The SMILES string of the molecule is CCC1CCC(=O)C(C(=O)c2cnn3ccncc23)C1. The lowest BCUT2D eigenvalue weighted by molar-refractivity contribution is -0.123. The molecule has 2 heterocycles. The molecule has 2 aromatic rings. The van der Waals surface area contributed by atoms with Crippen LogP contribution >= 0.6 is 0 Å². The first-order valence-electron chi connectivity index (χ1n) is 7.05. The Hall–Kier alpha value is -2.04. The number of hydrogen-bond donors (Lipinski definition) is 0. The van der Waals surface area contributed by atoms with Crippen LogP contribution in [0.3, 0.4) is 0 Å². The zero-order valence-corrected chi connectivity index (χ0v) is 11.5. The third-order valence-electron chi connectivity index (χ3n) is 4.24. The minimum absolute atomic E-state index is 0.0722. The summed E-state index contributed by atoms with van der Waals surface area (Å²) in [6, 6.07) is 0. The summed E-state index contributed by atoms with van der Waals surface area (Å²) in [6.07, 6.45) is 9.60. The molecule has 0 aliphatic heterocycles. The van der Waals surface area contributed by atoms with Crippen LogP contribution in [-0.4, -0.2) is 26.2 Å². The standard InChI is InChI=1S/C15H17N3O2/c1-2-10-3-4-14(19)11(7-10)15(20)12-8-17-18-6-5-16-9-13(12)18/h5-6,8-11H,2-4,7H2,1H3. The lowest BCUT2D eigenvalue weighted by atomic mass is 9.76. The molecule has 0 radical (unpaired) electrons. The van der Waals surface area contributed by atoms with E-state index in [9.17, 15) is 9.59 Å². The molecule has 2 aromatic heterocycles. The van der Waals surface area contributed by atoms with Crippen molar-refractivity contribution in [2.75, 3.05) is 0 Å². The van der Waals surface area contributed by atoms with Crippen molar-refractivity contribution in [3.05, 3.63) is 30.4 Å². The molecule has 2 unspecified atom stereocenters. The van der Waals surface area contributed by atoms with Crippen LogP contribution in [0.15, 0.2) is 24.8 Å². The predicted molar refractivity (Wildman–Crippen MR) is 73.4 cm³/mol. The van der Waals surface area contributed by atoms with Gasteiger partial charge in [-0.3, -0.25) is 14.6 Å². The van der Waals surface area contributed by atoms with Gasteiger partial charge in [0, 0.05) is 18.8 Å². The van der Waals surface area contributed by atoms with E-state index in [1.807, 2.05) is 0 Å². The van der Waals surface area contributed by atoms with Crippen molar-refractivity contribution in [1.82, 2.24) is 14.6 Å². The van der Waals surface area contributed by atoms with Crippen LogP contribution in [0.1, 0.15) is 43.0 Å². The molecular weight excluding hydrogens is 254 g/mol. The Bertz CT molecular complexity index is 662. The van der Waals surface area contributed by atoms with Gasteiger partial charge in [-0.25, -0.2) is 4.52 Å². The fourth-order valence-corrected chi connectivity index (χ4v) is 2.94. The highest BCUT2D eigenvalue weighted by atomic mass is 16.2. The zero-order chi connectivity index (χ0) is 14.1. The maximum Gasteiger partial charge on any atom is 0.177 e. The lowest BCUT2D eigenvalue weighted by Crippen LogP contribution is -2.31. The minimum Gasteiger partial charge on any atom is -0.299 e. The molecule has 0 aromatic carbocycles. The monoisotopic (exact) mass is 271 g/mol. The summed E-state index contributed by atoms with van der Waals surface area (Å²) in [7, 11) is 0. The van der Waals surface area contributed by atoms with Crippen molar-refractivity contribution in [3.63, 3.8) is 0 Å². The third-order valence-corrected chi connectivity index (χ3v) is 4.24. The Morgan fingerprint density at radius 1 is 1.45 bits per heavy atom. The van der Waals surface area contributed by atoms with E-state index in [2.05, 4.69) is 17.0 Å². The number of ketones is 2. The Morgan fingerprint density at radius 2 is 2.30 bits per heavy atom. The highest BCUT2D eigenvalue weighted by Crippen LogP contribution is 2.31. The van der Waals surface area contributed by atoms with Crippen LogP contribution in [0.5, 0.6) is 0 Å². The van der Waals surface area contributed by atoms with Gasteiger partial charge in [0.15, 0.2) is 5.78 Å². The number of aromatic nitrogens is 3. The van der Waals surface area contributed by atoms with Gasteiger partial charge in [-0.15, -0.1) is 0 Å². The molecule has 0 bridgehead atoms. The van der Waals surface area contributed by atoms with Crippen molar-refractivity contribution < 1.29 is 9.59 Å². The van der Waals surface area contributed by atoms with Crippen molar-refractivity contribution in [2.45, 2.75) is 32.6 Å². The van der Waals surface area contributed by atoms with Crippen molar-refractivity contribution >= 4 is 17.1 Å². The van der Waals surface area contributed by atoms with Crippen molar-refractivity contribution in [3.8, 4) is 0 Å². The molecule has 5 nitrogen and oxygen atoms in total. The van der Waals surface area contributed by atoms with Gasteiger partial charge in [-0.05, 0) is 18.8 Å². The molecule has 5 heteroatoms. The molecule has 1 aliphatic rings. The van der Waals surface area contributed by atoms with Gasteiger partial charge in [-0.2, -0.15) is 5.10 Å². The molecule has 1 saturated carbocycles. The summed E-state index contributed by atoms with van der Waals surface area (Å²) in [4.78, 5) is 28.7. The summed E-state index contributed by atoms with van der Waals surface area (Å²) < 4.78 is 1.62. The van der Waals surface area contributed by atoms with Gasteiger partial charge in [0.1, 0.15) is 5.78 Å². The van der Waals surface area contributed by atoms with E-state index in [0.29, 0.717) is 29.8 Å². The Balaban J connectivity index is 1.93. The molecule has 3 rings (SSSR count). The van der Waals surface area contributed by atoms with Crippen LogP contribution in [0.2, 0.25) is 0 Å². The number of carbonyl (C=O) groups is 2. The van der Waals surface area contributed by atoms with Crippen LogP contribution < -0.4 is 0 Å². The molecule has 0 spiro atoms. The van der Waals surface area contributed by atoms with E-state index in [-0.39, 0.29) is 11.6 Å². The molecular formula is C15H17N3O2. The van der Waals surface area contributed by atoms with E-state index in [1.54, 1.807) is 29.3 Å². The number of nitrogens with zero attached hydrogens (tertiary/aromatic N) is 3. The molecule has 104 valence electrons. The summed E-state index contributed by atoms with van der Waals surface area (Å²) in [6.45, 7) is 2.11. The molecule has 0 saturated heterocycles. The maximum absolute atomic E-state index is 12.6. The summed E-state index contributed by atoms with van der Waals surface area (Å²) in [5.74, 6) is -0.0531. The van der Waals surface area contributed by atoms with E-state index in [1.165, 1.54) is 0 Å². The molecule has 0 amide bonds. The van der Waals surface area contributed by atoms with Gasteiger partial charge in [0.25, 0.3) is 0 Å². The highest BCUT2D eigenvalue weighted by Gasteiger charge is 2.34. The molecule has 1 aliphatic carbocycles. The molecule has 20 heavy (non-hydrogen) atoms. The van der Waals surface area contributed by atoms with E-state index in [0.717, 1.165) is 12.8 Å². The van der Waals surface area contributed by atoms with Crippen LogP contribution in [0.4, 0.5) is 0 Å². The highest BCUT2D eigenvalue weighted by molar-refractivity contribution is 6.13. The lowest BCUT2D eigenvalue weighted by Gasteiger charge is -2.26. The number of hydrogen-bond acceptors (Lipinski definition) is 4. The molecule has 0 N–H and O–H groups in total. The van der Waals surface area contributed by atoms with E-state index >= 15 is 0 Å². The van der Waals surface area contributed by atoms with Crippen LogP contribution in [-0.2, 0) is 4.79 Å². The fraction of sp³-hybridized carbons (Fsp3) is 0.467. The Labute approximate surface area is 117 Å². The zero-order valence-electron chi connectivity index (χ0n) is 11.5. The Morgan fingerprint density at radius 3 is 3.10 bits per heavy atom. The van der Waals surface area contributed by atoms with E-state index in [4.69, 9.17) is 0 Å². The first-order chi connectivity index (χ1) is 9.70. The molecule has 1 fully saturated rings. The second-order valence-electron chi connectivity index (χ2n) is 5.40. The number of rotatable bonds is 3. The number of fused-ring (bicyclic) bond motifs is 1.